The van der Waals surface area contributed by atoms with E-state index >= 15 is 0 Å². The van der Waals surface area contributed by atoms with E-state index in [0.29, 0.717) is 23.9 Å². The normalized spacial score (nSPS) is 14.6. The van der Waals surface area contributed by atoms with Crippen LogP contribution in [0.1, 0.15) is 48.0 Å². The second-order valence-corrected chi connectivity index (χ2v) is 6.98. The molecule has 1 aromatic heterocycles. The number of ether oxygens (including phenoxy) is 1. The van der Waals surface area contributed by atoms with Crippen molar-refractivity contribution < 1.29 is 9.53 Å². The number of para-hydroxylation sites is 1. The highest BCUT2D eigenvalue weighted by molar-refractivity contribution is 5.97. The fourth-order valence-electron chi connectivity index (χ4n) is 3.48. The minimum absolute atomic E-state index is 0.173. The number of hydrogen-bond acceptors (Lipinski definition) is 5. The van der Waals surface area contributed by atoms with E-state index in [9.17, 15) is 4.79 Å². The Hall–Kier alpha value is -3.22. The van der Waals surface area contributed by atoms with Crippen LogP contribution >= 0.6 is 0 Å². The van der Waals surface area contributed by atoms with Crippen molar-refractivity contribution in [1.29, 1.82) is 0 Å². The van der Waals surface area contributed by atoms with Crippen molar-refractivity contribution in [2.45, 2.75) is 44.8 Å². The summed E-state index contributed by atoms with van der Waals surface area (Å²) in [6, 6.07) is 15.2. The van der Waals surface area contributed by atoms with Gasteiger partial charge in [-0.05, 0) is 65.9 Å². The van der Waals surface area contributed by atoms with Crippen LogP contribution in [-0.2, 0) is 6.54 Å². The van der Waals surface area contributed by atoms with Gasteiger partial charge in [0.25, 0.3) is 5.91 Å². The number of aromatic nitrogens is 4. The quantitative estimate of drug-likeness (QED) is 0.713. The molecule has 0 atom stereocenters. The molecule has 7 nitrogen and oxygen atoms in total. The summed E-state index contributed by atoms with van der Waals surface area (Å²) in [5.41, 5.74) is 2.18. The molecule has 0 radical (unpaired) electrons. The summed E-state index contributed by atoms with van der Waals surface area (Å²) in [7, 11) is 0. The SMILES string of the molecule is O=C(NCc1ccc(OC2CCCCC2)cc1)c1ccccc1-n1cnnn1. The van der Waals surface area contributed by atoms with Crippen LogP contribution in [0.25, 0.3) is 5.69 Å². The summed E-state index contributed by atoms with van der Waals surface area (Å²) in [5.74, 6) is 0.722. The Labute approximate surface area is 163 Å². The molecule has 1 aliphatic rings. The zero-order valence-electron chi connectivity index (χ0n) is 15.6. The molecular weight excluding hydrogens is 354 g/mol. The van der Waals surface area contributed by atoms with Gasteiger partial charge in [0.2, 0.25) is 0 Å². The third-order valence-corrected chi connectivity index (χ3v) is 4.98. The first-order chi connectivity index (χ1) is 13.8. The van der Waals surface area contributed by atoms with Gasteiger partial charge in [-0.25, -0.2) is 0 Å². The summed E-state index contributed by atoms with van der Waals surface area (Å²) in [6.07, 6.45) is 7.90. The third-order valence-electron chi connectivity index (χ3n) is 4.98. The lowest BCUT2D eigenvalue weighted by atomic mass is 9.98. The van der Waals surface area contributed by atoms with Crippen LogP contribution < -0.4 is 10.1 Å². The van der Waals surface area contributed by atoms with Crippen LogP contribution in [0.15, 0.2) is 54.9 Å². The molecule has 0 spiro atoms. The molecule has 4 rings (SSSR count). The van der Waals surface area contributed by atoms with Crippen molar-refractivity contribution >= 4 is 5.91 Å². The van der Waals surface area contributed by atoms with E-state index in [1.54, 1.807) is 6.07 Å². The topological polar surface area (TPSA) is 81.9 Å². The fraction of sp³-hybridized carbons (Fsp3) is 0.333. The summed E-state index contributed by atoms with van der Waals surface area (Å²) in [5, 5.41) is 14.1. The largest absolute Gasteiger partial charge is 0.490 e. The van der Waals surface area contributed by atoms with Crippen molar-refractivity contribution in [2.24, 2.45) is 0 Å². The number of tetrazole rings is 1. The molecule has 0 saturated heterocycles. The highest BCUT2D eigenvalue weighted by Crippen LogP contribution is 2.23. The lowest BCUT2D eigenvalue weighted by Gasteiger charge is -2.23. The van der Waals surface area contributed by atoms with Crippen LogP contribution in [0.4, 0.5) is 0 Å². The first-order valence-corrected chi connectivity index (χ1v) is 9.66. The van der Waals surface area contributed by atoms with Gasteiger partial charge in [-0.1, -0.05) is 30.7 Å². The van der Waals surface area contributed by atoms with Gasteiger partial charge in [0, 0.05) is 6.54 Å². The minimum Gasteiger partial charge on any atom is -0.490 e. The molecule has 1 amide bonds. The van der Waals surface area contributed by atoms with Gasteiger partial charge in [0.15, 0.2) is 0 Å². The molecule has 0 aliphatic heterocycles. The zero-order chi connectivity index (χ0) is 19.2. The number of nitrogens with one attached hydrogen (secondary N) is 1. The van der Waals surface area contributed by atoms with E-state index in [1.165, 1.54) is 30.3 Å². The van der Waals surface area contributed by atoms with Crippen molar-refractivity contribution in [3.63, 3.8) is 0 Å². The molecule has 3 aromatic rings. The highest BCUT2D eigenvalue weighted by atomic mass is 16.5. The Kier molecular flexibility index (Phi) is 5.61. The molecular formula is C21H23N5O2. The first kappa shape index (κ1) is 18.2. The molecule has 1 N–H and O–H groups in total. The van der Waals surface area contributed by atoms with Gasteiger partial charge in [0.1, 0.15) is 12.1 Å². The Morgan fingerprint density at radius 3 is 2.61 bits per heavy atom. The second-order valence-electron chi connectivity index (χ2n) is 6.98. The molecule has 1 fully saturated rings. The maximum absolute atomic E-state index is 12.6. The Bertz CT molecular complexity index is 903. The molecule has 0 bridgehead atoms. The van der Waals surface area contributed by atoms with E-state index in [1.807, 2.05) is 42.5 Å². The van der Waals surface area contributed by atoms with Crippen LogP contribution in [0.2, 0.25) is 0 Å². The molecule has 1 heterocycles. The summed E-state index contributed by atoms with van der Waals surface area (Å²) < 4.78 is 7.53. The monoisotopic (exact) mass is 377 g/mol. The van der Waals surface area contributed by atoms with Crippen LogP contribution in [0.3, 0.4) is 0 Å². The number of hydrogen-bond donors (Lipinski definition) is 1. The maximum Gasteiger partial charge on any atom is 0.253 e. The lowest BCUT2D eigenvalue weighted by molar-refractivity contribution is 0.0950. The number of carbonyl (C=O) groups excluding carboxylic acids is 1. The fourth-order valence-corrected chi connectivity index (χ4v) is 3.48. The van der Waals surface area contributed by atoms with Gasteiger partial charge in [-0.2, -0.15) is 4.68 Å². The number of amides is 1. The summed E-state index contributed by atoms with van der Waals surface area (Å²) >= 11 is 0. The van der Waals surface area contributed by atoms with Crippen LogP contribution in [-0.4, -0.2) is 32.2 Å². The van der Waals surface area contributed by atoms with Gasteiger partial charge in [0.05, 0.1) is 17.4 Å². The zero-order valence-corrected chi connectivity index (χ0v) is 15.6. The van der Waals surface area contributed by atoms with E-state index in [4.69, 9.17) is 4.74 Å². The number of nitrogens with zero attached hydrogens (tertiary/aromatic N) is 4. The van der Waals surface area contributed by atoms with Crippen molar-refractivity contribution in [3.8, 4) is 11.4 Å². The number of benzene rings is 2. The Morgan fingerprint density at radius 1 is 1.07 bits per heavy atom. The van der Waals surface area contributed by atoms with E-state index in [0.717, 1.165) is 24.2 Å². The molecule has 28 heavy (non-hydrogen) atoms. The second kappa shape index (κ2) is 8.65. The predicted molar refractivity (Wildman–Crippen MR) is 104 cm³/mol. The number of carbonyl (C=O) groups is 1. The summed E-state index contributed by atoms with van der Waals surface area (Å²) in [4.78, 5) is 12.6. The number of rotatable bonds is 6. The standard InChI is InChI=1S/C21H23N5O2/c27-21(19-8-4-5-9-20(19)26-15-23-24-25-26)22-14-16-10-12-18(13-11-16)28-17-6-2-1-3-7-17/h4-5,8-13,15,17H,1-3,6-7,14H2,(H,22,27). The molecule has 2 aromatic carbocycles. The molecule has 7 heteroatoms. The van der Waals surface area contributed by atoms with Crippen LogP contribution in [0, 0.1) is 0 Å². The molecule has 0 unspecified atom stereocenters. The van der Waals surface area contributed by atoms with Gasteiger partial charge in [-0.3, -0.25) is 4.79 Å². The Morgan fingerprint density at radius 2 is 1.86 bits per heavy atom. The Balaban J connectivity index is 1.36. The molecule has 1 saturated carbocycles. The molecule has 144 valence electrons. The molecule has 1 aliphatic carbocycles. The lowest BCUT2D eigenvalue weighted by Crippen LogP contribution is -2.24. The van der Waals surface area contributed by atoms with Gasteiger partial charge in [-0.15, -0.1) is 5.10 Å². The minimum atomic E-state index is -0.173. The van der Waals surface area contributed by atoms with Crippen molar-refractivity contribution in [2.75, 3.05) is 0 Å². The highest BCUT2D eigenvalue weighted by Gasteiger charge is 2.15. The summed E-state index contributed by atoms with van der Waals surface area (Å²) in [6.45, 7) is 0.437. The average Bonchev–Trinajstić information content (AvgIpc) is 3.29. The van der Waals surface area contributed by atoms with Crippen molar-refractivity contribution in [1.82, 2.24) is 25.5 Å². The van der Waals surface area contributed by atoms with Crippen LogP contribution in [0.5, 0.6) is 5.75 Å². The van der Waals surface area contributed by atoms with Gasteiger partial charge >= 0.3 is 0 Å². The van der Waals surface area contributed by atoms with E-state index in [2.05, 4.69) is 20.8 Å². The smallest absolute Gasteiger partial charge is 0.253 e. The van der Waals surface area contributed by atoms with E-state index < -0.39 is 0 Å². The predicted octanol–water partition coefficient (Wildman–Crippen LogP) is 3.30. The first-order valence-electron chi connectivity index (χ1n) is 9.66. The van der Waals surface area contributed by atoms with E-state index in [-0.39, 0.29) is 5.91 Å². The maximum atomic E-state index is 12.6. The average molecular weight is 377 g/mol. The van der Waals surface area contributed by atoms with Gasteiger partial charge < -0.3 is 10.1 Å². The van der Waals surface area contributed by atoms with Crippen molar-refractivity contribution in [3.05, 3.63) is 66.0 Å². The third kappa shape index (κ3) is 4.36.